The zero-order valence-electron chi connectivity index (χ0n) is 11.5. The van der Waals surface area contributed by atoms with E-state index in [1.807, 2.05) is 0 Å². The molecule has 0 heteroatoms. The lowest BCUT2D eigenvalue weighted by Crippen LogP contribution is -2.53. The van der Waals surface area contributed by atoms with Gasteiger partial charge in [-0.2, -0.15) is 0 Å². The van der Waals surface area contributed by atoms with E-state index in [1.54, 1.807) is 11.1 Å². The Morgan fingerprint density at radius 1 is 1.00 bits per heavy atom. The molecule has 2 atom stereocenters. The van der Waals surface area contributed by atoms with Crippen molar-refractivity contribution in [2.75, 3.05) is 0 Å². The summed E-state index contributed by atoms with van der Waals surface area (Å²) in [5, 5.41) is 0. The lowest BCUT2D eigenvalue weighted by atomic mass is 9.44. The molecule has 0 nitrogen and oxygen atoms in total. The Kier molecular flexibility index (Phi) is 2.23. The van der Waals surface area contributed by atoms with Gasteiger partial charge >= 0.3 is 0 Å². The molecular formula is C18H24. The van der Waals surface area contributed by atoms with E-state index in [0.29, 0.717) is 5.41 Å². The highest BCUT2D eigenvalue weighted by atomic mass is 14.6. The summed E-state index contributed by atoms with van der Waals surface area (Å²) in [5.41, 5.74) is 4.59. The molecule has 3 aliphatic carbocycles. The first-order valence-electron chi connectivity index (χ1n) is 7.83. The van der Waals surface area contributed by atoms with Crippen molar-refractivity contribution in [3.05, 3.63) is 35.4 Å². The van der Waals surface area contributed by atoms with Gasteiger partial charge < -0.3 is 0 Å². The van der Waals surface area contributed by atoms with Gasteiger partial charge in [0.05, 0.1) is 0 Å². The van der Waals surface area contributed by atoms with Crippen LogP contribution in [0.4, 0.5) is 0 Å². The van der Waals surface area contributed by atoms with Crippen molar-refractivity contribution in [1.29, 1.82) is 0 Å². The second-order valence-corrected chi connectivity index (χ2v) is 7.24. The van der Waals surface area contributed by atoms with Crippen molar-refractivity contribution in [2.45, 2.75) is 63.7 Å². The minimum Gasteiger partial charge on any atom is -0.0620 e. The van der Waals surface area contributed by atoms with Gasteiger partial charge in [-0.15, -0.1) is 0 Å². The van der Waals surface area contributed by atoms with Crippen LogP contribution in [0.1, 0.15) is 63.0 Å². The molecule has 2 fully saturated rings. The smallest absolute Gasteiger partial charge is 0.00389 e. The monoisotopic (exact) mass is 240 g/mol. The van der Waals surface area contributed by atoms with Crippen LogP contribution in [0.25, 0.3) is 0 Å². The van der Waals surface area contributed by atoms with Crippen LogP contribution in [0.3, 0.4) is 0 Å². The average Bonchev–Trinajstić information content (AvgIpc) is 2.35. The number of benzene rings is 1. The molecule has 4 rings (SSSR count). The first-order chi connectivity index (χ1) is 8.75. The molecule has 0 aromatic heterocycles. The predicted octanol–water partition coefficient (Wildman–Crippen LogP) is 4.86. The van der Waals surface area contributed by atoms with Crippen LogP contribution in [-0.2, 0) is 11.8 Å². The highest BCUT2D eigenvalue weighted by Crippen LogP contribution is 2.64. The molecular weight excluding hydrogens is 216 g/mol. The highest BCUT2D eigenvalue weighted by molar-refractivity contribution is 5.38. The van der Waals surface area contributed by atoms with E-state index >= 15 is 0 Å². The molecule has 2 saturated carbocycles. The Bertz CT molecular complexity index is 469. The van der Waals surface area contributed by atoms with E-state index in [4.69, 9.17) is 0 Å². The summed E-state index contributed by atoms with van der Waals surface area (Å²) >= 11 is 0. The van der Waals surface area contributed by atoms with Gasteiger partial charge in [-0.3, -0.25) is 0 Å². The van der Waals surface area contributed by atoms with Gasteiger partial charge in [-0.05, 0) is 66.4 Å². The van der Waals surface area contributed by atoms with E-state index < -0.39 is 0 Å². The molecule has 0 bridgehead atoms. The number of fused-ring (bicyclic) bond motifs is 4. The normalized spacial score (nSPS) is 36.6. The molecule has 0 amide bonds. The molecule has 1 aromatic rings. The third-order valence-corrected chi connectivity index (χ3v) is 6.56. The fourth-order valence-corrected chi connectivity index (χ4v) is 5.60. The SMILES string of the molecule is C[C@]12CCCC3(CCC3)[C@@H]1CCc1ccccc12. The van der Waals surface area contributed by atoms with Gasteiger partial charge in [-0.1, -0.05) is 44.0 Å². The van der Waals surface area contributed by atoms with Gasteiger partial charge in [0.1, 0.15) is 0 Å². The molecule has 3 aliphatic rings. The van der Waals surface area contributed by atoms with Gasteiger partial charge in [0, 0.05) is 0 Å². The average molecular weight is 240 g/mol. The quantitative estimate of drug-likeness (QED) is 0.607. The Morgan fingerprint density at radius 2 is 1.72 bits per heavy atom. The topological polar surface area (TPSA) is 0 Å². The first kappa shape index (κ1) is 11.1. The van der Waals surface area contributed by atoms with Crippen LogP contribution in [0.5, 0.6) is 0 Å². The molecule has 0 N–H and O–H groups in total. The summed E-state index contributed by atoms with van der Waals surface area (Å²) in [7, 11) is 0. The molecule has 1 spiro atoms. The zero-order chi connectivity index (χ0) is 12.2. The van der Waals surface area contributed by atoms with Crippen LogP contribution in [-0.4, -0.2) is 0 Å². The molecule has 0 radical (unpaired) electrons. The van der Waals surface area contributed by atoms with Crippen molar-refractivity contribution in [2.24, 2.45) is 11.3 Å². The van der Waals surface area contributed by atoms with E-state index in [0.717, 1.165) is 11.3 Å². The summed E-state index contributed by atoms with van der Waals surface area (Å²) in [6.07, 6.45) is 11.7. The summed E-state index contributed by atoms with van der Waals surface area (Å²) in [5.74, 6) is 0.974. The maximum atomic E-state index is 2.58. The fraction of sp³-hybridized carbons (Fsp3) is 0.667. The van der Waals surface area contributed by atoms with Crippen molar-refractivity contribution >= 4 is 0 Å². The molecule has 0 unspecified atom stereocenters. The molecule has 0 saturated heterocycles. The summed E-state index contributed by atoms with van der Waals surface area (Å²) in [6.45, 7) is 2.58. The summed E-state index contributed by atoms with van der Waals surface area (Å²) in [4.78, 5) is 0. The largest absolute Gasteiger partial charge is 0.0620 e. The van der Waals surface area contributed by atoms with E-state index in [2.05, 4.69) is 31.2 Å². The second-order valence-electron chi connectivity index (χ2n) is 7.24. The zero-order valence-corrected chi connectivity index (χ0v) is 11.5. The van der Waals surface area contributed by atoms with Crippen LogP contribution in [0, 0.1) is 11.3 Å². The highest BCUT2D eigenvalue weighted by Gasteiger charge is 2.55. The standard InChI is InChI=1S/C18H24/c1-17-10-4-11-18(12-5-13-18)16(17)9-8-14-6-2-3-7-15(14)17/h2-3,6-7,16H,4-5,8-13H2,1H3/t16-,17-/m1/s1. The van der Waals surface area contributed by atoms with Gasteiger partial charge in [-0.25, -0.2) is 0 Å². The Labute approximate surface area is 111 Å². The number of hydrogen-bond acceptors (Lipinski definition) is 0. The third kappa shape index (κ3) is 1.27. The number of hydrogen-bond donors (Lipinski definition) is 0. The molecule has 1 aromatic carbocycles. The van der Waals surface area contributed by atoms with E-state index in [1.165, 1.54) is 51.4 Å². The summed E-state index contributed by atoms with van der Waals surface area (Å²) in [6, 6.07) is 9.29. The molecule has 96 valence electrons. The lowest BCUT2D eigenvalue weighted by Gasteiger charge is -2.60. The summed E-state index contributed by atoms with van der Waals surface area (Å²) < 4.78 is 0. The lowest BCUT2D eigenvalue weighted by molar-refractivity contribution is -0.0499. The van der Waals surface area contributed by atoms with Gasteiger partial charge in [0.25, 0.3) is 0 Å². The molecule has 18 heavy (non-hydrogen) atoms. The minimum absolute atomic E-state index is 0.494. The first-order valence-corrected chi connectivity index (χ1v) is 7.83. The van der Waals surface area contributed by atoms with Crippen molar-refractivity contribution in [3.63, 3.8) is 0 Å². The number of aryl methyl sites for hydroxylation is 1. The third-order valence-electron chi connectivity index (χ3n) is 6.56. The number of rotatable bonds is 0. The van der Waals surface area contributed by atoms with Gasteiger partial charge in [0.15, 0.2) is 0 Å². The van der Waals surface area contributed by atoms with Crippen LogP contribution in [0.2, 0.25) is 0 Å². The minimum atomic E-state index is 0.494. The maximum Gasteiger partial charge on any atom is -0.00389 e. The van der Waals surface area contributed by atoms with E-state index in [9.17, 15) is 0 Å². The van der Waals surface area contributed by atoms with Crippen LogP contribution in [0.15, 0.2) is 24.3 Å². The van der Waals surface area contributed by atoms with E-state index in [-0.39, 0.29) is 0 Å². The fourth-order valence-electron chi connectivity index (χ4n) is 5.60. The second kappa shape index (κ2) is 3.62. The molecule has 0 heterocycles. The van der Waals surface area contributed by atoms with Crippen molar-refractivity contribution < 1.29 is 0 Å². The van der Waals surface area contributed by atoms with Gasteiger partial charge in [0.2, 0.25) is 0 Å². The van der Waals surface area contributed by atoms with Crippen LogP contribution < -0.4 is 0 Å². The molecule has 0 aliphatic heterocycles. The van der Waals surface area contributed by atoms with Crippen LogP contribution >= 0.6 is 0 Å². The van der Waals surface area contributed by atoms with Crippen molar-refractivity contribution in [3.8, 4) is 0 Å². The predicted molar refractivity (Wildman–Crippen MR) is 75.7 cm³/mol. The Hall–Kier alpha value is -0.780. The van der Waals surface area contributed by atoms with Crippen molar-refractivity contribution in [1.82, 2.24) is 0 Å². The Balaban J connectivity index is 1.82. The Morgan fingerprint density at radius 3 is 2.50 bits per heavy atom. The maximum absolute atomic E-state index is 2.58.